The van der Waals surface area contributed by atoms with Crippen molar-refractivity contribution in [3.05, 3.63) is 59.3 Å². The largest absolute Gasteiger partial charge is 0.497 e. The Morgan fingerprint density at radius 2 is 1.97 bits per heavy atom. The number of nitrogens with zero attached hydrogens (tertiary/aromatic N) is 4. The molecule has 1 aliphatic rings. The van der Waals surface area contributed by atoms with Crippen LogP contribution in [0, 0.1) is 5.41 Å². The Kier molecular flexibility index (Phi) is 8.52. The molecule has 0 bridgehead atoms. The van der Waals surface area contributed by atoms with Gasteiger partial charge in [0, 0.05) is 30.2 Å². The molecular formula is C27H33ClN4O3. The first kappa shape index (κ1) is 25.3. The molecule has 0 amide bonds. The van der Waals surface area contributed by atoms with Crippen molar-refractivity contribution in [2.75, 3.05) is 26.7 Å². The molecule has 7 nitrogen and oxygen atoms in total. The quantitative estimate of drug-likeness (QED) is 0.390. The third-order valence-electron chi connectivity index (χ3n) is 7.23. The van der Waals surface area contributed by atoms with Gasteiger partial charge in [0.05, 0.1) is 29.8 Å². The van der Waals surface area contributed by atoms with Gasteiger partial charge in [0.15, 0.2) is 0 Å². The molecular weight excluding hydrogens is 464 g/mol. The number of hydrogen-bond donors (Lipinski definition) is 1. The summed E-state index contributed by atoms with van der Waals surface area (Å²) in [7, 11) is 1.65. The van der Waals surface area contributed by atoms with Crippen LogP contribution in [0.15, 0.2) is 43.0 Å². The molecule has 1 N–H and O–H groups in total. The van der Waals surface area contributed by atoms with E-state index >= 15 is 0 Å². The monoisotopic (exact) mass is 496 g/mol. The SMILES string of the molecule is COc1ccc2ncc(Cl)c(CCCC3(CC(=O)O)CCN(CCCc4cnccn4)CC3)c2c1. The van der Waals surface area contributed by atoms with Crippen molar-refractivity contribution in [2.45, 2.75) is 51.4 Å². The van der Waals surface area contributed by atoms with Crippen LogP contribution in [0.3, 0.4) is 0 Å². The van der Waals surface area contributed by atoms with Crippen molar-refractivity contribution < 1.29 is 14.6 Å². The van der Waals surface area contributed by atoms with Crippen molar-refractivity contribution in [1.82, 2.24) is 19.9 Å². The molecule has 3 aromatic rings. The summed E-state index contributed by atoms with van der Waals surface area (Å²) in [6, 6.07) is 5.83. The number of likely N-dealkylation sites (tertiary alicyclic amines) is 1. The molecule has 8 heteroatoms. The fourth-order valence-electron chi connectivity index (χ4n) is 5.25. The number of halogens is 1. The highest BCUT2D eigenvalue weighted by atomic mass is 35.5. The Morgan fingerprint density at radius 3 is 2.69 bits per heavy atom. The molecule has 35 heavy (non-hydrogen) atoms. The number of aromatic nitrogens is 3. The molecule has 0 spiro atoms. The summed E-state index contributed by atoms with van der Waals surface area (Å²) in [4.78, 5) is 27.1. The van der Waals surface area contributed by atoms with Gasteiger partial charge in [-0.15, -0.1) is 0 Å². The van der Waals surface area contributed by atoms with Gasteiger partial charge in [-0.1, -0.05) is 11.6 Å². The molecule has 4 rings (SSSR count). The third kappa shape index (κ3) is 6.67. The predicted octanol–water partition coefficient (Wildman–Crippen LogP) is 5.20. The van der Waals surface area contributed by atoms with Crippen LogP contribution in [0.25, 0.3) is 10.9 Å². The summed E-state index contributed by atoms with van der Waals surface area (Å²) in [6.07, 6.45) is 13.5. The van der Waals surface area contributed by atoms with Crippen LogP contribution in [-0.2, 0) is 17.6 Å². The maximum atomic E-state index is 11.7. The summed E-state index contributed by atoms with van der Waals surface area (Å²) >= 11 is 6.54. The Morgan fingerprint density at radius 1 is 1.14 bits per heavy atom. The zero-order chi connectivity index (χ0) is 24.7. The van der Waals surface area contributed by atoms with E-state index in [1.165, 1.54) is 0 Å². The summed E-state index contributed by atoms with van der Waals surface area (Å²) in [6.45, 7) is 2.87. The van der Waals surface area contributed by atoms with Crippen LogP contribution < -0.4 is 4.74 Å². The standard InChI is InChI=1S/C27H33ClN4O3/c1-35-21-6-7-25-23(16-21)22(24(28)19-31-25)5-2-8-27(17-26(33)34)9-14-32(15-10-27)13-3-4-20-18-29-11-12-30-20/h6-7,11-12,16,18-19H,2-5,8-10,13-15,17H2,1H3,(H,33,34). The van der Waals surface area contributed by atoms with Gasteiger partial charge in [-0.05, 0) is 93.8 Å². The van der Waals surface area contributed by atoms with E-state index in [1.807, 2.05) is 24.4 Å². The number of piperidine rings is 1. The van der Waals surface area contributed by atoms with Crippen LogP contribution >= 0.6 is 11.6 Å². The van der Waals surface area contributed by atoms with Crippen LogP contribution in [0.4, 0.5) is 0 Å². The van der Waals surface area contributed by atoms with E-state index in [2.05, 4.69) is 19.9 Å². The molecule has 2 aromatic heterocycles. The average Bonchev–Trinajstić information content (AvgIpc) is 2.86. The van der Waals surface area contributed by atoms with Gasteiger partial charge in [-0.3, -0.25) is 19.7 Å². The molecule has 0 radical (unpaired) electrons. The molecule has 0 saturated carbocycles. The molecule has 186 valence electrons. The minimum Gasteiger partial charge on any atom is -0.497 e. The average molecular weight is 497 g/mol. The van der Waals surface area contributed by atoms with Crippen molar-refractivity contribution in [1.29, 1.82) is 0 Å². The maximum Gasteiger partial charge on any atom is 0.303 e. The number of aliphatic carboxylic acids is 1. The number of methoxy groups -OCH3 is 1. The van der Waals surface area contributed by atoms with Gasteiger partial charge in [0.2, 0.25) is 0 Å². The number of fused-ring (bicyclic) bond motifs is 1. The zero-order valence-corrected chi connectivity index (χ0v) is 21.0. The number of hydrogen-bond acceptors (Lipinski definition) is 6. The fraction of sp³-hybridized carbons (Fsp3) is 0.481. The summed E-state index contributed by atoms with van der Waals surface area (Å²) < 4.78 is 5.39. The fourth-order valence-corrected chi connectivity index (χ4v) is 5.50. The second-order valence-corrected chi connectivity index (χ2v) is 9.94. The predicted molar refractivity (Wildman–Crippen MR) is 137 cm³/mol. The lowest BCUT2D eigenvalue weighted by Gasteiger charge is -2.41. The lowest BCUT2D eigenvalue weighted by Crippen LogP contribution is -2.41. The number of carboxylic acids is 1. The summed E-state index contributed by atoms with van der Waals surface area (Å²) in [5.41, 5.74) is 2.80. The maximum absolute atomic E-state index is 11.7. The second-order valence-electron chi connectivity index (χ2n) is 9.53. The number of carbonyl (C=O) groups is 1. The molecule has 1 aromatic carbocycles. The van der Waals surface area contributed by atoms with E-state index in [4.69, 9.17) is 16.3 Å². The summed E-state index contributed by atoms with van der Waals surface area (Å²) in [5, 5.41) is 11.3. The minimum atomic E-state index is -0.710. The van der Waals surface area contributed by atoms with Gasteiger partial charge in [0.1, 0.15) is 5.75 Å². The Balaban J connectivity index is 1.35. The highest BCUT2D eigenvalue weighted by molar-refractivity contribution is 6.32. The number of ether oxygens (including phenoxy) is 1. The van der Waals surface area contributed by atoms with Crippen LogP contribution in [0.5, 0.6) is 5.75 Å². The first-order valence-corrected chi connectivity index (χ1v) is 12.7. The van der Waals surface area contributed by atoms with Crippen LogP contribution in [0.1, 0.15) is 49.8 Å². The van der Waals surface area contributed by atoms with E-state index < -0.39 is 5.97 Å². The lowest BCUT2D eigenvalue weighted by atomic mass is 9.72. The van der Waals surface area contributed by atoms with Crippen molar-refractivity contribution in [3.63, 3.8) is 0 Å². The van der Waals surface area contributed by atoms with Crippen molar-refractivity contribution >= 4 is 28.5 Å². The first-order chi connectivity index (χ1) is 17.0. The highest BCUT2D eigenvalue weighted by Crippen LogP contribution is 2.40. The molecule has 3 heterocycles. The number of rotatable bonds is 11. The second kappa shape index (κ2) is 11.8. The third-order valence-corrected chi connectivity index (χ3v) is 7.56. The molecule has 1 fully saturated rings. The Labute approximate surface area is 211 Å². The molecule has 1 aliphatic heterocycles. The Bertz CT molecular complexity index is 1130. The van der Waals surface area contributed by atoms with Crippen LogP contribution in [-0.4, -0.2) is 57.7 Å². The van der Waals surface area contributed by atoms with E-state index in [-0.39, 0.29) is 11.8 Å². The molecule has 0 unspecified atom stereocenters. The summed E-state index contributed by atoms with van der Waals surface area (Å²) in [5.74, 6) is 0.0649. The topological polar surface area (TPSA) is 88.4 Å². The lowest BCUT2D eigenvalue weighted by molar-refractivity contribution is -0.140. The van der Waals surface area contributed by atoms with Crippen molar-refractivity contribution in [3.8, 4) is 5.75 Å². The minimum absolute atomic E-state index is 0.166. The van der Waals surface area contributed by atoms with Gasteiger partial charge in [0.25, 0.3) is 0 Å². The van der Waals surface area contributed by atoms with Gasteiger partial charge in [-0.2, -0.15) is 0 Å². The van der Waals surface area contributed by atoms with Crippen molar-refractivity contribution in [2.24, 2.45) is 5.41 Å². The number of pyridine rings is 1. The highest BCUT2D eigenvalue weighted by Gasteiger charge is 2.36. The van der Waals surface area contributed by atoms with Gasteiger partial charge < -0.3 is 14.7 Å². The molecule has 1 saturated heterocycles. The van der Waals surface area contributed by atoms with Gasteiger partial charge in [-0.25, -0.2) is 0 Å². The number of aryl methyl sites for hydroxylation is 2. The van der Waals surface area contributed by atoms with E-state index in [1.54, 1.807) is 25.7 Å². The van der Waals surface area contributed by atoms with E-state index in [9.17, 15) is 9.90 Å². The molecule has 0 aliphatic carbocycles. The van der Waals surface area contributed by atoms with Crippen LogP contribution in [0.2, 0.25) is 5.02 Å². The zero-order valence-electron chi connectivity index (χ0n) is 20.3. The molecule has 0 atom stereocenters. The first-order valence-electron chi connectivity index (χ1n) is 12.3. The Hall–Kier alpha value is -2.77. The number of benzene rings is 1. The van der Waals surface area contributed by atoms with E-state index in [0.29, 0.717) is 5.02 Å². The van der Waals surface area contributed by atoms with Gasteiger partial charge >= 0.3 is 5.97 Å². The number of carboxylic acid groups (broad SMARTS) is 1. The smallest absolute Gasteiger partial charge is 0.303 e. The van der Waals surface area contributed by atoms with E-state index in [0.717, 1.165) is 92.5 Å². The normalized spacial score (nSPS) is 15.8.